The van der Waals surface area contributed by atoms with E-state index in [0.29, 0.717) is 24.7 Å². The van der Waals surface area contributed by atoms with Gasteiger partial charge in [-0.3, -0.25) is 9.78 Å². The van der Waals surface area contributed by atoms with Gasteiger partial charge in [-0.15, -0.1) is 0 Å². The standard InChI is InChI=1S/C11H17N3O3.2C2H6/c1-8(15)13-9-6-12-7-10(14-9)17-5-4-11(2,3)16;2*1-2/h6-7,16H,4-5H2,1-3H3,(H,13,14,15);2*1-2H3. The van der Waals surface area contributed by atoms with Crippen LogP contribution in [0.3, 0.4) is 0 Å². The van der Waals surface area contributed by atoms with Crippen molar-refractivity contribution >= 4 is 11.7 Å². The van der Waals surface area contributed by atoms with E-state index in [0.717, 1.165) is 0 Å². The molecule has 0 aliphatic carbocycles. The fourth-order valence-electron chi connectivity index (χ4n) is 1.06. The first-order chi connectivity index (χ1) is 9.87. The van der Waals surface area contributed by atoms with Crippen LogP contribution in [-0.4, -0.2) is 33.2 Å². The highest BCUT2D eigenvalue weighted by Crippen LogP contribution is 2.12. The van der Waals surface area contributed by atoms with Crippen LogP contribution < -0.4 is 10.1 Å². The molecule has 6 heteroatoms. The smallest absolute Gasteiger partial charge is 0.234 e. The lowest BCUT2D eigenvalue weighted by Gasteiger charge is -2.16. The number of nitrogens with zero attached hydrogens (tertiary/aromatic N) is 2. The molecule has 0 saturated carbocycles. The molecule has 0 bridgehead atoms. The third-order valence-corrected chi connectivity index (χ3v) is 1.88. The van der Waals surface area contributed by atoms with E-state index >= 15 is 0 Å². The lowest BCUT2D eigenvalue weighted by molar-refractivity contribution is -0.114. The van der Waals surface area contributed by atoms with E-state index in [9.17, 15) is 9.90 Å². The van der Waals surface area contributed by atoms with Crippen LogP contribution in [-0.2, 0) is 4.79 Å². The summed E-state index contributed by atoms with van der Waals surface area (Å²) in [6.45, 7) is 13.1. The number of anilines is 1. The molecule has 21 heavy (non-hydrogen) atoms. The molecular weight excluding hydrogens is 270 g/mol. The van der Waals surface area contributed by atoms with Crippen LogP contribution in [0, 0.1) is 0 Å². The summed E-state index contributed by atoms with van der Waals surface area (Å²) in [4.78, 5) is 18.7. The molecule has 1 heterocycles. The van der Waals surface area contributed by atoms with Crippen LogP contribution in [0.2, 0.25) is 0 Å². The Balaban J connectivity index is 0. The van der Waals surface area contributed by atoms with Gasteiger partial charge >= 0.3 is 0 Å². The number of aliphatic hydroxyl groups is 1. The molecule has 1 aromatic heterocycles. The first-order valence-corrected chi connectivity index (χ1v) is 7.32. The van der Waals surface area contributed by atoms with Crippen LogP contribution in [0.4, 0.5) is 5.82 Å². The fourth-order valence-corrected chi connectivity index (χ4v) is 1.06. The Morgan fingerprint density at radius 3 is 2.33 bits per heavy atom. The molecular formula is C15H29N3O3. The first kappa shape index (κ1) is 21.6. The van der Waals surface area contributed by atoms with Gasteiger partial charge in [0.2, 0.25) is 11.8 Å². The van der Waals surface area contributed by atoms with Gasteiger partial charge in [0.25, 0.3) is 0 Å². The maximum atomic E-state index is 10.8. The summed E-state index contributed by atoms with van der Waals surface area (Å²) >= 11 is 0. The van der Waals surface area contributed by atoms with Gasteiger partial charge in [0.05, 0.1) is 24.6 Å². The van der Waals surface area contributed by atoms with Crippen LogP contribution in [0.25, 0.3) is 0 Å². The van der Waals surface area contributed by atoms with E-state index in [1.54, 1.807) is 13.8 Å². The lowest BCUT2D eigenvalue weighted by Crippen LogP contribution is -2.22. The molecule has 0 fully saturated rings. The number of nitrogens with one attached hydrogen (secondary N) is 1. The van der Waals surface area contributed by atoms with E-state index in [4.69, 9.17) is 4.74 Å². The maximum absolute atomic E-state index is 10.8. The van der Waals surface area contributed by atoms with E-state index in [-0.39, 0.29) is 5.91 Å². The van der Waals surface area contributed by atoms with E-state index < -0.39 is 5.60 Å². The van der Waals surface area contributed by atoms with Gasteiger partial charge < -0.3 is 15.2 Å². The van der Waals surface area contributed by atoms with Crippen molar-refractivity contribution in [3.8, 4) is 5.88 Å². The van der Waals surface area contributed by atoms with Gasteiger partial charge in [0.1, 0.15) is 0 Å². The molecule has 0 aliphatic rings. The van der Waals surface area contributed by atoms with Crippen molar-refractivity contribution in [2.45, 2.75) is 60.5 Å². The molecule has 1 rings (SSSR count). The minimum atomic E-state index is -0.775. The van der Waals surface area contributed by atoms with Crippen molar-refractivity contribution in [2.24, 2.45) is 0 Å². The molecule has 0 atom stereocenters. The number of amides is 1. The number of ether oxygens (including phenoxy) is 1. The van der Waals surface area contributed by atoms with Gasteiger partial charge in [-0.05, 0) is 13.8 Å². The quantitative estimate of drug-likeness (QED) is 0.873. The van der Waals surface area contributed by atoms with E-state index in [2.05, 4.69) is 15.3 Å². The fraction of sp³-hybridized carbons (Fsp3) is 0.667. The molecule has 1 amide bonds. The van der Waals surface area contributed by atoms with Crippen LogP contribution in [0.5, 0.6) is 5.88 Å². The van der Waals surface area contributed by atoms with Gasteiger partial charge in [0.15, 0.2) is 5.82 Å². The third-order valence-electron chi connectivity index (χ3n) is 1.88. The van der Waals surface area contributed by atoms with Gasteiger partial charge in [0, 0.05) is 13.3 Å². The zero-order chi connectivity index (χ0) is 16.9. The minimum Gasteiger partial charge on any atom is -0.476 e. The largest absolute Gasteiger partial charge is 0.476 e. The highest BCUT2D eigenvalue weighted by atomic mass is 16.5. The number of carbonyl (C=O) groups excluding carboxylic acids is 1. The topological polar surface area (TPSA) is 84.3 Å². The van der Waals surface area contributed by atoms with Crippen molar-refractivity contribution in [1.82, 2.24) is 9.97 Å². The Labute approximate surface area is 128 Å². The first-order valence-electron chi connectivity index (χ1n) is 7.32. The van der Waals surface area contributed by atoms with Crippen molar-refractivity contribution in [2.75, 3.05) is 11.9 Å². The monoisotopic (exact) mass is 299 g/mol. The zero-order valence-electron chi connectivity index (χ0n) is 14.2. The Bertz CT molecular complexity index is 390. The molecule has 0 unspecified atom stereocenters. The van der Waals surface area contributed by atoms with Crippen LogP contribution >= 0.6 is 0 Å². The summed E-state index contributed by atoms with van der Waals surface area (Å²) < 4.78 is 5.32. The molecule has 6 nitrogen and oxygen atoms in total. The average Bonchev–Trinajstić information content (AvgIpc) is 2.41. The van der Waals surface area contributed by atoms with Crippen molar-refractivity contribution < 1.29 is 14.6 Å². The second-order valence-corrected chi connectivity index (χ2v) is 4.33. The van der Waals surface area contributed by atoms with Gasteiger partial charge in [-0.25, -0.2) is 0 Å². The Kier molecular flexibility index (Phi) is 12.4. The molecule has 0 aliphatic heterocycles. The predicted molar refractivity (Wildman–Crippen MR) is 85.4 cm³/mol. The Morgan fingerprint density at radius 1 is 1.29 bits per heavy atom. The summed E-state index contributed by atoms with van der Waals surface area (Å²) in [5.74, 6) is 0.451. The molecule has 0 aromatic carbocycles. The summed E-state index contributed by atoms with van der Waals surface area (Å²) in [5, 5.41) is 12.0. The summed E-state index contributed by atoms with van der Waals surface area (Å²) in [5.41, 5.74) is -0.775. The van der Waals surface area contributed by atoms with Crippen LogP contribution in [0.1, 0.15) is 54.9 Å². The summed E-state index contributed by atoms with van der Waals surface area (Å²) in [7, 11) is 0. The number of hydrogen-bond acceptors (Lipinski definition) is 5. The Morgan fingerprint density at radius 2 is 1.86 bits per heavy atom. The molecule has 2 N–H and O–H groups in total. The maximum Gasteiger partial charge on any atom is 0.234 e. The van der Waals surface area contributed by atoms with E-state index in [1.165, 1.54) is 19.3 Å². The minimum absolute atomic E-state index is 0.215. The molecule has 0 radical (unpaired) electrons. The Hall–Kier alpha value is -1.69. The highest BCUT2D eigenvalue weighted by molar-refractivity contribution is 5.87. The number of rotatable bonds is 5. The highest BCUT2D eigenvalue weighted by Gasteiger charge is 2.12. The van der Waals surface area contributed by atoms with E-state index in [1.807, 2.05) is 27.7 Å². The third kappa shape index (κ3) is 13.1. The second-order valence-electron chi connectivity index (χ2n) is 4.33. The molecule has 0 saturated heterocycles. The second kappa shape index (κ2) is 12.1. The molecule has 0 spiro atoms. The normalized spacial score (nSPS) is 9.52. The van der Waals surface area contributed by atoms with Crippen molar-refractivity contribution in [1.29, 1.82) is 0 Å². The van der Waals surface area contributed by atoms with Crippen molar-refractivity contribution in [3.05, 3.63) is 12.4 Å². The number of carbonyl (C=O) groups is 1. The number of hydrogen-bond donors (Lipinski definition) is 2. The number of aromatic nitrogens is 2. The average molecular weight is 299 g/mol. The van der Waals surface area contributed by atoms with Crippen molar-refractivity contribution in [3.63, 3.8) is 0 Å². The van der Waals surface area contributed by atoms with Crippen LogP contribution in [0.15, 0.2) is 12.4 Å². The summed E-state index contributed by atoms with van der Waals surface area (Å²) in [6.07, 6.45) is 3.37. The summed E-state index contributed by atoms with van der Waals surface area (Å²) in [6, 6.07) is 0. The molecule has 1 aromatic rings. The zero-order valence-corrected chi connectivity index (χ0v) is 14.2. The molecule has 122 valence electrons. The predicted octanol–water partition coefficient (Wildman–Crippen LogP) is 3.03. The van der Waals surface area contributed by atoms with Gasteiger partial charge in [-0.2, -0.15) is 4.98 Å². The lowest BCUT2D eigenvalue weighted by atomic mass is 10.1. The van der Waals surface area contributed by atoms with Gasteiger partial charge in [-0.1, -0.05) is 27.7 Å². The SMILES string of the molecule is CC.CC.CC(=O)Nc1cncc(OCCC(C)(C)O)n1.